The van der Waals surface area contributed by atoms with Crippen molar-refractivity contribution in [2.75, 3.05) is 26.7 Å². The van der Waals surface area contributed by atoms with Crippen LogP contribution in [0.25, 0.3) is 11.0 Å². The standard InChI is InChI=1S/C22H27N5O2/c1-16-11-18(19-12-23-26(3)20(19)24-16)21(28)25(2)14-22(29)9-10-27(15-22)13-17-7-5-4-6-8-17/h4-8,11-12,29H,9-10,13-15H2,1-3H3. The van der Waals surface area contributed by atoms with Crippen LogP contribution in [-0.2, 0) is 13.6 Å². The molecule has 1 aliphatic rings. The van der Waals surface area contributed by atoms with Crippen molar-refractivity contribution in [3.63, 3.8) is 0 Å². The second-order valence-corrected chi connectivity index (χ2v) is 8.15. The lowest BCUT2D eigenvalue weighted by molar-refractivity contribution is 0.0171. The fraction of sp³-hybridized carbons (Fsp3) is 0.409. The summed E-state index contributed by atoms with van der Waals surface area (Å²) in [6.45, 7) is 4.34. The fourth-order valence-electron chi connectivity index (χ4n) is 4.18. The minimum Gasteiger partial charge on any atom is -0.387 e. The number of hydrogen-bond donors (Lipinski definition) is 1. The molecular weight excluding hydrogens is 366 g/mol. The number of carbonyl (C=O) groups excluding carboxylic acids is 1. The molecule has 0 bridgehead atoms. The number of aryl methyl sites for hydroxylation is 2. The van der Waals surface area contributed by atoms with Gasteiger partial charge >= 0.3 is 0 Å². The van der Waals surface area contributed by atoms with E-state index in [0.717, 1.165) is 24.2 Å². The first kappa shape index (κ1) is 19.5. The zero-order valence-electron chi connectivity index (χ0n) is 17.2. The van der Waals surface area contributed by atoms with Crippen LogP contribution in [0.3, 0.4) is 0 Å². The van der Waals surface area contributed by atoms with Gasteiger partial charge in [0.1, 0.15) is 0 Å². The molecular formula is C22H27N5O2. The normalized spacial score (nSPS) is 19.7. The number of aliphatic hydroxyl groups is 1. The largest absolute Gasteiger partial charge is 0.387 e. The van der Waals surface area contributed by atoms with E-state index in [4.69, 9.17) is 0 Å². The highest BCUT2D eigenvalue weighted by molar-refractivity contribution is 6.05. The molecule has 1 aliphatic heterocycles. The van der Waals surface area contributed by atoms with Crippen LogP contribution in [0, 0.1) is 6.92 Å². The molecule has 1 amide bonds. The lowest BCUT2D eigenvalue weighted by Crippen LogP contribution is -2.45. The third kappa shape index (κ3) is 4.02. The summed E-state index contributed by atoms with van der Waals surface area (Å²) in [6.07, 6.45) is 2.32. The maximum absolute atomic E-state index is 13.2. The number of aromatic nitrogens is 3. The molecule has 152 valence electrons. The Balaban J connectivity index is 1.46. The highest BCUT2D eigenvalue weighted by atomic mass is 16.3. The number of pyridine rings is 1. The number of likely N-dealkylation sites (N-methyl/N-ethyl adjacent to an activating group) is 1. The number of carbonyl (C=O) groups is 1. The first-order valence-corrected chi connectivity index (χ1v) is 9.88. The molecule has 0 saturated carbocycles. The average Bonchev–Trinajstić information content (AvgIpc) is 3.24. The number of rotatable bonds is 5. The van der Waals surface area contributed by atoms with Crippen LogP contribution >= 0.6 is 0 Å². The molecule has 1 saturated heterocycles. The van der Waals surface area contributed by atoms with Gasteiger partial charge in [0, 0.05) is 39.4 Å². The monoisotopic (exact) mass is 393 g/mol. The third-order valence-corrected chi connectivity index (χ3v) is 5.60. The van der Waals surface area contributed by atoms with E-state index in [9.17, 15) is 9.90 Å². The molecule has 0 aliphatic carbocycles. The van der Waals surface area contributed by atoms with Gasteiger partial charge in [-0.1, -0.05) is 30.3 Å². The van der Waals surface area contributed by atoms with Gasteiger partial charge in [-0.3, -0.25) is 14.4 Å². The zero-order chi connectivity index (χ0) is 20.6. The van der Waals surface area contributed by atoms with Crippen molar-refractivity contribution in [2.45, 2.75) is 25.5 Å². The van der Waals surface area contributed by atoms with Crippen LogP contribution in [0.1, 0.15) is 28.0 Å². The van der Waals surface area contributed by atoms with E-state index in [1.807, 2.05) is 32.2 Å². The van der Waals surface area contributed by atoms with Gasteiger partial charge in [-0.2, -0.15) is 5.10 Å². The Morgan fingerprint density at radius 2 is 2.07 bits per heavy atom. The summed E-state index contributed by atoms with van der Waals surface area (Å²) in [5.41, 5.74) is 2.36. The Bertz CT molecular complexity index is 1030. The number of β-amino-alcohol motifs (C(OH)–C–C–N with tert-alkyl or cyclic N) is 1. The van der Waals surface area contributed by atoms with E-state index in [1.54, 1.807) is 28.9 Å². The summed E-state index contributed by atoms with van der Waals surface area (Å²) in [7, 11) is 3.56. The molecule has 3 heterocycles. The SMILES string of the molecule is Cc1cc(C(=O)N(C)CC2(O)CCN(Cc3ccccc3)C2)c2cnn(C)c2n1. The van der Waals surface area contributed by atoms with Gasteiger partial charge in [0.25, 0.3) is 5.91 Å². The van der Waals surface area contributed by atoms with Gasteiger partial charge in [0.05, 0.1) is 29.3 Å². The van der Waals surface area contributed by atoms with Crippen molar-refractivity contribution in [2.24, 2.45) is 7.05 Å². The van der Waals surface area contributed by atoms with E-state index in [-0.39, 0.29) is 5.91 Å². The molecule has 4 rings (SSSR count). The van der Waals surface area contributed by atoms with Gasteiger partial charge in [-0.05, 0) is 25.0 Å². The van der Waals surface area contributed by atoms with Crippen LogP contribution in [0.5, 0.6) is 0 Å². The second-order valence-electron chi connectivity index (χ2n) is 8.15. The Morgan fingerprint density at radius 3 is 2.83 bits per heavy atom. The summed E-state index contributed by atoms with van der Waals surface area (Å²) in [5.74, 6) is -0.122. The van der Waals surface area contributed by atoms with Gasteiger partial charge in [-0.15, -0.1) is 0 Å². The number of nitrogens with zero attached hydrogens (tertiary/aromatic N) is 5. The zero-order valence-corrected chi connectivity index (χ0v) is 17.2. The molecule has 1 aromatic carbocycles. The van der Waals surface area contributed by atoms with Crippen LogP contribution in [0.2, 0.25) is 0 Å². The van der Waals surface area contributed by atoms with Gasteiger partial charge in [-0.25, -0.2) is 4.98 Å². The summed E-state index contributed by atoms with van der Waals surface area (Å²) < 4.78 is 1.67. The maximum Gasteiger partial charge on any atom is 0.254 e. The lowest BCUT2D eigenvalue weighted by atomic mass is 10.0. The molecule has 0 radical (unpaired) electrons. The first-order valence-electron chi connectivity index (χ1n) is 9.88. The summed E-state index contributed by atoms with van der Waals surface area (Å²) in [5, 5.41) is 16.1. The molecule has 1 fully saturated rings. The second kappa shape index (κ2) is 7.57. The molecule has 29 heavy (non-hydrogen) atoms. The smallest absolute Gasteiger partial charge is 0.254 e. The van der Waals surface area contributed by atoms with Crippen LogP contribution in [0.15, 0.2) is 42.6 Å². The Labute approximate surface area is 170 Å². The molecule has 1 atom stereocenters. The van der Waals surface area contributed by atoms with Gasteiger partial charge < -0.3 is 10.0 Å². The van der Waals surface area contributed by atoms with Crippen molar-refractivity contribution in [1.29, 1.82) is 0 Å². The highest BCUT2D eigenvalue weighted by Crippen LogP contribution is 2.25. The molecule has 7 nitrogen and oxygen atoms in total. The number of hydrogen-bond acceptors (Lipinski definition) is 5. The van der Waals surface area contributed by atoms with E-state index >= 15 is 0 Å². The highest BCUT2D eigenvalue weighted by Gasteiger charge is 2.38. The fourth-order valence-corrected chi connectivity index (χ4v) is 4.18. The third-order valence-electron chi connectivity index (χ3n) is 5.60. The quantitative estimate of drug-likeness (QED) is 0.718. The molecule has 0 spiro atoms. The minimum atomic E-state index is -0.907. The molecule has 1 N–H and O–H groups in total. The Kier molecular flexibility index (Phi) is 5.10. The predicted molar refractivity (Wildman–Crippen MR) is 111 cm³/mol. The number of benzene rings is 1. The predicted octanol–water partition coefficient (Wildman–Crippen LogP) is 1.99. The molecule has 3 aromatic rings. The van der Waals surface area contributed by atoms with E-state index < -0.39 is 5.60 Å². The molecule has 2 aromatic heterocycles. The van der Waals surface area contributed by atoms with Crippen molar-refractivity contribution in [1.82, 2.24) is 24.6 Å². The van der Waals surface area contributed by atoms with Crippen molar-refractivity contribution < 1.29 is 9.90 Å². The van der Waals surface area contributed by atoms with E-state index in [2.05, 4.69) is 27.1 Å². The molecule has 1 unspecified atom stereocenters. The maximum atomic E-state index is 13.2. The van der Waals surface area contributed by atoms with E-state index in [1.165, 1.54) is 5.56 Å². The summed E-state index contributed by atoms with van der Waals surface area (Å²) >= 11 is 0. The van der Waals surface area contributed by atoms with Crippen molar-refractivity contribution >= 4 is 16.9 Å². The van der Waals surface area contributed by atoms with Gasteiger partial charge in [0.15, 0.2) is 5.65 Å². The van der Waals surface area contributed by atoms with Crippen LogP contribution < -0.4 is 0 Å². The molecule has 7 heteroatoms. The Morgan fingerprint density at radius 1 is 1.31 bits per heavy atom. The topological polar surface area (TPSA) is 74.5 Å². The number of fused-ring (bicyclic) bond motifs is 1. The van der Waals surface area contributed by atoms with Crippen LogP contribution in [0.4, 0.5) is 0 Å². The van der Waals surface area contributed by atoms with Crippen molar-refractivity contribution in [3.05, 3.63) is 59.4 Å². The Hall–Kier alpha value is -2.77. The first-order chi connectivity index (χ1) is 13.8. The van der Waals surface area contributed by atoms with Gasteiger partial charge in [0.2, 0.25) is 0 Å². The minimum absolute atomic E-state index is 0.122. The van der Waals surface area contributed by atoms with Crippen molar-refractivity contribution in [3.8, 4) is 0 Å². The summed E-state index contributed by atoms with van der Waals surface area (Å²) in [4.78, 5) is 21.5. The van der Waals surface area contributed by atoms with Crippen LogP contribution in [-0.4, -0.2) is 67.9 Å². The summed E-state index contributed by atoms with van der Waals surface area (Å²) in [6, 6.07) is 12.0. The number of amides is 1. The number of likely N-dealkylation sites (tertiary alicyclic amines) is 1. The lowest BCUT2D eigenvalue weighted by Gasteiger charge is -2.29. The van der Waals surface area contributed by atoms with E-state index in [0.29, 0.717) is 30.7 Å². The average molecular weight is 393 g/mol.